The summed E-state index contributed by atoms with van der Waals surface area (Å²) in [5, 5.41) is 9.07. The Balaban J connectivity index is 2.08. The molecule has 2 aromatic rings. The number of nitrogens with two attached hydrogens (primary N) is 1. The summed E-state index contributed by atoms with van der Waals surface area (Å²) in [6, 6.07) is 12.9. The average molecular weight is 259 g/mol. The lowest BCUT2D eigenvalue weighted by Crippen LogP contribution is -1.98. The fourth-order valence-electron chi connectivity index (χ4n) is 1.70. The van der Waals surface area contributed by atoms with Crippen LogP contribution in [0.2, 0.25) is 0 Å². The van der Waals surface area contributed by atoms with E-state index in [0.29, 0.717) is 18.1 Å². The normalized spacial score (nSPS) is 10.2. The Hall–Kier alpha value is -2.20. The van der Waals surface area contributed by atoms with Crippen molar-refractivity contribution in [2.45, 2.75) is 13.2 Å². The molecule has 3 N–H and O–H groups in total. The Morgan fingerprint density at radius 2 is 1.68 bits per heavy atom. The van der Waals surface area contributed by atoms with Gasteiger partial charge in [0.05, 0.1) is 13.7 Å². The van der Waals surface area contributed by atoms with Crippen molar-refractivity contribution < 1.29 is 14.6 Å². The van der Waals surface area contributed by atoms with Gasteiger partial charge in [0.1, 0.15) is 6.61 Å². The number of hydrogen-bond acceptors (Lipinski definition) is 4. The average Bonchev–Trinajstić information content (AvgIpc) is 2.46. The van der Waals surface area contributed by atoms with Crippen LogP contribution < -0.4 is 15.2 Å². The number of ether oxygens (including phenoxy) is 2. The van der Waals surface area contributed by atoms with E-state index >= 15 is 0 Å². The summed E-state index contributed by atoms with van der Waals surface area (Å²) in [7, 11) is 1.58. The van der Waals surface area contributed by atoms with Gasteiger partial charge in [0.2, 0.25) is 0 Å². The van der Waals surface area contributed by atoms with Crippen molar-refractivity contribution >= 4 is 5.69 Å². The highest BCUT2D eigenvalue weighted by Gasteiger charge is 2.05. The molecule has 0 saturated carbocycles. The summed E-state index contributed by atoms with van der Waals surface area (Å²) in [5.74, 6) is 1.26. The molecule has 0 spiro atoms. The molecule has 4 heteroatoms. The monoisotopic (exact) mass is 259 g/mol. The van der Waals surface area contributed by atoms with Crippen molar-refractivity contribution in [3.05, 3.63) is 53.6 Å². The lowest BCUT2D eigenvalue weighted by molar-refractivity contribution is 0.274. The molecule has 0 radical (unpaired) electrons. The van der Waals surface area contributed by atoms with E-state index < -0.39 is 0 Å². The number of aliphatic hydroxyl groups is 1. The number of rotatable bonds is 5. The van der Waals surface area contributed by atoms with Gasteiger partial charge in [0, 0.05) is 5.69 Å². The first-order valence-corrected chi connectivity index (χ1v) is 5.98. The van der Waals surface area contributed by atoms with E-state index in [-0.39, 0.29) is 6.61 Å². The molecule has 0 atom stereocenters. The molecule has 0 heterocycles. The van der Waals surface area contributed by atoms with Gasteiger partial charge in [-0.1, -0.05) is 18.2 Å². The zero-order valence-corrected chi connectivity index (χ0v) is 10.8. The summed E-state index contributed by atoms with van der Waals surface area (Å²) < 4.78 is 10.9. The van der Waals surface area contributed by atoms with E-state index in [9.17, 15) is 0 Å². The third-order valence-electron chi connectivity index (χ3n) is 2.78. The molecule has 19 heavy (non-hydrogen) atoms. The van der Waals surface area contributed by atoms with Crippen LogP contribution in [0.15, 0.2) is 42.5 Å². The Morgan fingerprint density at radius 3 is 2.32 bits per heavy atom. The number of benzene rings is 2. The van der Waals surface area contributed by atoms with Crippen LogP contribution in [0.5, 0.6) is 11.5 Å². The molecule has 0 aromatic heterocycles. The molecule has 0 aliphatic carbocycles. The number of nitrogen functional groups attached to an aromatic ring is 1. The van der Waals surface area contributed by atoms with Gasteiger partial charge < -0.3 is 20.3 Å². The third-order valence-corrected chi connectivity index (χ3v) is 2.78. The van der Waals surface area contributed by atoms with Gasteiger partial charge in [-0.3, -0.25) is 0 Å². The van der Waals surface area contributed by atoms with Crippen molar-refractivity contribution in [3.63, 3.8) is 0 Å². The summed E-state index contributed by atoms with van der Waals surface area (Å²) in [6.45, 7) is 0.420. The van der Waals surface area contributed by atoms with Crippen molar-refractivity contribution in [1.29, 1.82) is 0 Å². The Kier molecular flexibility index (Phi) is 4.26. The summed E-state index contributed by atoms with van der Waals surface area (Å²) in [4.78, 5) is 0. The largest absolute Gasteiger partial charge is 0.493 e. The first-order chi connectivity index (χ1) is 9.22. The molecule has 0 fully saturated rings. The molecule has 100 valence electrons. The maximum Gasteiger partial charge on any atom is 0.161 e. The van der Waals surface area contributed by atoms with E-state index in [2.05, 4.69) is 0 Å². The van der Waals surface area contributed by atoms with Crippen molar-refractivity contribution in [2.75, 3.05) is 12.8 Å². The molecule has 0 amide bonds. The highest BCUT2D eigenvalue weighted by molar-refractivity contribution is 5.43. The molecule has 2 rings (SSSR count). The fraction of sp³-hybridized carbons (Fsp3) is 0.200. The van der Waals surface area contributed by atoms with Gasteiger partial charge in [0.15, 0.2) is 11.5 Å². The van der Waals surface area contributed by atoms with E-state index in [1.807, 2.05) is 24.3 Å². The highest BCUT2D eigenvalue weighted by Crippen LogP contribution is 2.28. The molecule has 0 aliphatic heterocycles. The number of anilines is 1. The zero-order chi connectivity index (χ0) is 13.7. The van der Waals surface area contributed by atoms with Crippen LogP contribution in [0.1, 0.15) is 11.1 Å². The van der Waals surface area contributed by atoms with Crippen molar-refractivity contribution in [3.8, 4) is 11.5 Å². The fourth-order valence-corrected chi connectivity index (χ4v) is 1.70. The predicted octanol–water partition coefficient (Wildman–Crippen LogP) is 2.35. The summed E-state index contributed by atoms with van der Waals surface area (Å²) >= 11 is 0. The third kappa shape index (κ3) is 3.39. The van der Waals surface area contributed by atoms with Crippen molar-refractivity contribution in [1.82, 2.24) is 0 Å². The van der Waals surface area contributed by atoms with Gasteiger partial charge in [0.25, 0.3) is 0 Å². The standard InChI is InChI=1S/C15H17NO3/c1-18-15-8-12(9-17)4-7-14(15)19-10-11-2-5-13(16)6-3-11/h2-8,17H,9-10,16H2,1H3. The molecule has 0 unspecified atom stereocenters. The van der Waals surface area contributed by atoms with E-state index in [0.717, 1.165) is 16.8 Å². The number of aliphatic hydroxyl groups excluding tert-OH is 1. The lowest BCUT2D eigenvalue weighted by Gasteiger charge is -2.11. The predicted molar refractivity (Wildman–Crippen MR) is 74.1 cm³/mol. The van der Waals surface area contributed by atoms with Crippen LogP contribution in [0, 0.1) is 0 Å². The smallest absolute Gasteiger partial charge is 0.161 e. The molecular weight excluding hydrogens is 242 g/mol. The molecule has 4 nitrogen and oxygen atoms in total. The van der Waals surface area contributed by atoms with Crippen molar-refractivity contribution in [2.24, 2.45) is 0 Å². The first-order valence-electron chi connectivity index (χ1n) is 5.98. The quantitative estimate of drug-likeness (QED) is 0.809. The van der Waals surface area contributed by atoms with Crippen LogP contribution >= 0.6 is 0 Å². The van der Waals surface area contributed by atoms with Gasteiger partial charge >= 0.3 is 0 Å². The molecule has 0 aliphatic rings. The molecular formula is C15H17NO3. The second kappa shape index (κ2) is 6.11. The number of hydrogen-bond donors (Lipinski definition) is 2. The topological polar surface area (TPSA) is 64.7 Å². The van der Waals surface area contributed by atoms with Gasteiger partial charge in [-0.15, -0.1) is 0 Å². The lowest BCUT2D eigenvalue weighted by atomic mass is 10.2. The first kappa shape index (κ1) is 13.2. The maximum atomic E-state index is 9.07. The zero-order valence-electron chi connectivity index (χ0n) is 10.8. The molecule has 0 bridgehead atoms. The SMILES string of the molecule is COc1cc(CO)ccc1OCc1ccc(N)cc1. The summed E-state index contributed by atoms with van der Waals surface area (Å²) in [6.07, 6.45) is 0. The van der Waals surface area contributed by atoms with E-state index in [1.54, 1.807) is 25.3 Å². The summed E-state index contributed by atoms with van der Waals surface area (Å²) in [5.41, 5.74) is 8.18. The second-order valence-corrected chi connectivity index (χ2v) is 4.17. The van der Waals surface area contributed by atoms with Crippen LogP contribution in [0.25, 0.3) is 0 Å². The number of methoxy groups -OCH3 is 1. The maximum absolute atomic E-state index is 9.07. The van der Waals surface area contributed by atoms with E-state index in [1.165, 1.54) is 0 Å². The van der Waals surface area contributed by atoms with Crippen LogP contribution in [-0.4, -0.2) is 12.2 Å². The Morgan fingerprint density at radius 1 is 1.00 bits per heavy atom. The van der Waals surface area contributed by atoms with Crippen LogP contribution in [-0.2, 0) is 13.2 Å². The molecule has 2 aromatic carbocycles. The van der Waals surface area contributed by atoms with Gasteiger partial charge in [-0.2, -0.15) is 0 Å². The van der Waals surface area contributed by atoms with Crippen LogP contribution in [0.4, 0.5) is 5.69 Å². The van der Waals surface area contributed by atoms with Crippen LogP contribution in [0.3, 0.4) is 0 Å². The molecule has 0 saturated heterocycles. The van der Waals surface area contributed by atoms with Gasteiger partial charge in [-0.25, -0.2) is 0 Å². The van der Waals surface area contributed by atoms with Gasteiger partial charge in [-0.05, 0) is 35.4 Å². The highest BCUT2D eigenvalue weighted by atomic mass is 16.5. The Bertz CT molecular complexity index is 538. The second-order valence-electron chi connectivity index (χ2n) is 4.17. The Labute approximate surface area is 112 Å². The minimum absolute atomic E-state index is 0.0192. The minimum Gasteiger partial charge on any atom is -0.493 e. The minimum atomic E-state index is -0.0192. The van der Waals surface area contributed by atoms with E-state index in [4.69, 9.17) is 20.3 Å².